The summed E-state index contributed by atoms with van der Waals surface area (Å²) in [4.78, 5) is 2.23. The maximum Gasteiger partial charge on any atom is 0.404 e. The Balaban J connectivity index is 2.04. The molecule has 0 amide bonds. The van der Waals surface area contributed by atoms with E-state index in [-0.39, 0.29) is 27.9 Å². The minimum Gasteiger partial charge on any atom is -0.432 e. The minimum atomic E-state index is -4.39. The smallest absolute Gasteiger partial charge is 0.404 e. The predicted molar refractivity (Wildman–Crippen MR) is 139 cm³/mol. The predicted octanol–water partition coefficient (Wildman–Crippen LogP) is 7.77. The van der Waals surface area contributed by atoms with Crippen LogP contribution in [0, 0.1) is 17.1 Å². The maximum absolute atomic E-state index is 14.9. The van der Waals surface area contributed by atoms with Crippen LogP contribution >= 0.6 is 27.9 Å². The summed E-state index contributed by atoms with van der Waals surface area (Å²) in [6.45, 7) is -2.15. The van der Waals surface area contributed by atoms with Gasteiger partial charge in [-0.3, -0.25) is 0 Å². The zero-order valence-electron chi connectivity index (χ0n) is 21.1. The summed E-state index contributed by atoms with van der Waals surface area (Å²) in [5, 5.41) is 10.3. The van der Waals surface area contributed by atoms with Crippen LogP contribution < -0.4 is 4.74 Å². The molecule has 5 nitrogen and oxygen atoms in total. The van der Waals surface area contributed by atoms with Gasteiger partial charge in [-0.1, -0.05) is 6.08 Å². The van der Waals surface area contributed by atoms with E-state index in [1.165, 1.54) is 13.1 Å². The standard InChI is InChI=1S/C25H27BrF6N4OS/c1-14(25(30,31)32)35(4)38-16(13-34(2)3)9-6-10-18-17(12-33)21-19(36(18)15-7-5-8-15)11-20(37-24(28)29)23(27)22(21)26/h6,9,11,13-15,24H,5,7-8,10H2,1-4H3/b9-6-,16-13+. The molecule has 0 radical (unpaired) electrons. The van der Waals surface area contributed by atoms with Gasteiger partial charge in [0.15, 0.2) is 11.6 Å². The van der Waals surface area contributed by atoms with Crippen molar-refractivity contribution in [2.75, 3.05) is 21.1 Å². The largest absolute Gasteiger partial charge is 0.432 e. The van der Waals surface area contributed by atoms with E-state index < -0.39 is 30.4 Å². The molecule has 3 rings (SSSR count). The van der Waals surface area contributed by atoms with E-state index in [1.54, 1.807) is 37.3 Å². The van der Waals surface area contributed by atoms with Gasteiger partial charge in [0.2, 0.25) is 0 Å². The van der Waals surface area contributed by atoms with Crippen LogP contribution in [0.15, 0.2) is 33.8 Å². The van der Waals surface area contributed by atoms with Crippen molar-refractivity contribution >= 4 is 38.8 Å². The summed E-state index contributed by atoms with van der Waals surface area (Å²) in [7, 11) is 4.84. The highest BCUT2D eigenvalue weighted by Crippen LogP contribution is 2.44. The molecule has 0 N–H and O–H groups in total. The van der Waals surface area contributed by atoms with Crippen molar-refractivity contribution in [3.05, 3.63) is 50.9 Å². The molecule has 0 spiro atoms. The van der Waals surface area contributed by atoms with Crippen LogP contribution in [0.5, 0.6) is 5.75 Å². The molecule has 1 aromatic carbocycles. The van der Waals surface area contributed by atoms with E-state index >= 15 is 0 Å². The molecule has 1 saturated carbocycles. The van der Waals surface area contributed by atoms with Gasteiger partial charge in [0.1, 0.15) is 12.1 Å². The van der Waals surface area contributed by atoms with Gasteiger partial charge in [-0.15, -0.1) is 0 Å². The number of fused-ring (bicyclic) bond motifs is 1. The van der Waals surface area contributed by atoms with Crippen LogP contribution in [0.3, 0.4) is 0 Å². The second-order valence-electron chi connectivity index (χ2n) is 9.12. The molecule has 1 unspecified atom stereocenters. The molecule has 2 aromatic rings. The fourth-order valence-electron chi connectivity index (χ4n) is 4.08. The van der Waals surface area contributed by atoms with E-state index in [0.29, 0.717) is 16.1 Å². The average Bonchev–Trinajstić information content (AvgIpc) is 3.07. The van der Waals surface area contributed by atoms with Gasteiger partial charge in [0.25, 0.3) is 0 Å². The summed E-state index contributed by atoms with van der Waals surface area (Å²) in [6.07, 6.45) is 3.41. The van der Waals surface area contributed by atoms with E-state index in [2.05, 4.69) is 26.7 Å². The lowest BCUT2D eigenvalue weighted by molar-refractivity contribution is -0.162. The number of hydrogen-bond donors (Lipinski definition) is 0. The zero-order chi connectivity index (χ0) is 28.4. The summed E-state index contributed by atoms with van der Waals surface area (Å²) in [5.41, 5.74) is 1.15. The van der Waals surface area contributed by atoms with Crippen molar-refractivity contribution in [1.29, 1.82) is 5.26 Å². The lowest BCUT2D eigenvalue weighted by Crippen LogP contribution is -2.37. The Morgan fingerprint density at radius 3 is 2.47 bits per heavy atom. The first-order chi connectivity index (χ1) is 17.8. The molecule has 1 aliphatic rings. The molecule has 1 aliphatic carbocycles. The van der Waals surface area contributed by atoms with Crippen LogP contribution in [-0.4, -0.2) is 53.7 Å². The number of nitriles is 1. The number of allylic oxidation sites excluding steroid dienone is 2. The summed E-state index contributed by atoms with van der Waals surface area (Å²) in [6, 6.07) is 1.62. The second kappa shape index (κ2) is 12.3. The van der Waals surface area contributed by atoms with Crippen molar-refractivity contribution < 1.29 is 31.1 Å². The normalized spacial score (nSPS) is 15.9. The van der Waals surface area contributed by atoms with E-state index in [4.69, 9.17) is 0 Å². The quantitative estimate of drug-likeness (QED) is 0.153. The zero-order valence-corrected chi connectivity index (χ0v) is 23.5. The van der Waals surface area contributed by atoms with Crippen LogP contribution in [0.2, 0.25) is 0 Å². The van der Waals surface area contributed by atoms with Crippen LogP contribution in [0.4, 0.5) is 26.3 Å². The number of benzene rings is 1. The molecule has 1 fully saturated rings. The molecule has 38 heavy (non-hydrogen) atoms. The third kappa shape index (κ3) is 6.63. The Bertz CT molecular complexity index is 1260. The molecule has 1 heterocycles. The van der Waals surface area contributed by atoms with Crippen molar-refractivity contribution in [1.82, 2.24) is 13.8 Å². The Morgan fingerprint density at radius 1 is 1.32 bits per heavy atom. The first-order valence-electron chi connectivity index (χ1n) is 11.7. The average molecular weight is 625 g/mol. The topological polar surface area (TPSA) is 44.4 Å². The molecule has 13 heteroatoms. The van der Waals surface area contributed by atoms with Crippen molar-refractivity contribution in [2.24, 2.45) is 0 Å². The molecule has 1 aromatic heterocycles. The van der Waals surface area contributed by atoms with Gasteiger partial charge >= 0.3 is 12.8 Å². The highest BCUT2D eigenvalue weighted by molar-refractivity contribution is 9.10. The Labute approximate surface area is 229 Å². The fourth-order valence-corrected chi connectivity index (χ4v) is 5.70. The Kier molecular flexibility index (Phi) is 9.76. The first kappa shape index (κ1) is 30.2. The Morgan fingerprint density at radius 2 is 1.97 bits per heavy atom. The van der Waals surface area contributed by atoms with Crippen LogP contribution in [0.25, 0.3) is 10.9 Å². The first-order valence-corrected chi connectivity index (χ1v) is 13.2. The number of ether oxygens (including phenoxy) is 1. The molecular formula is C25H27BrF6N4OS. The van der Waals surface area contributed by atoms with Gasteiger partial charge in [0, 0.05) is 54.8 Å². The fraction of sp³-hybridized carbons (Fsp3) is 0.480. The van der Waals surface area contributed by atoms with Gasteiger partial charge in [-0.05, 0) is 67.2 Å². The van der Waals surface area contributed by atoms with Gasteiger partial charge < -0.3 is 14.2 Å². The van der Waals surface area contributed by atoms with E-state index in [1.807, 2.05) is 4.57 Å². The number of halogens is 7. The molecular weight excluding hydrogens is 598 g/mol. The Hall–Kier alpha value is -2.30. The number of alkyl halides is 5. The molecule has 208 valence electrons. The van der Waals surface area contributed by atoms with Gasteiger partial charge in [-0.2, -0.15) is 27.2 Å². The lowest BCUT2D eigenvalue weighted by Gasteiger charge is -2.30. The molecule has 0 aliphatic heterocycles. The third-order valence-electron chi connectivity index (χ3n) is 6.26. The summed E-state index contributed by atoms with van der Waals surface area (Å²) >= 11 is 4.05. The van der Waals surface area contributed by atoms with Crippen molar-refractivity contribution in [3.63, 3.8) is 0 Å². The third-order valence-corrected chi connectivity index (χ3v) is 8.06. The van der Waals surface area contributed by atoms with Gasteiger partial charge in [0.05, 0.1) is 15.6 Å². The molecule has 1 atom stereocenters. The summed E-state index contributed by atoms with van der Waals surface area (Å²) in [5.74, 6) is -1.66. The highest BCUT2D eigenvalue weighted by atomic mass is 79.9. The van der Waals surface area contributed by atoms with Crippen molar-refractivity contribution in [2.45, 2.75) is 57.5 Å². The SMILES string of the molecule is CC(N(C)SC(/C=C\Cc1c(C#N)c2c(Br)c(F)c(OC(F)F)cc2n1C1CCC1)=C/N(C)C)C(F)(F)F. The maximum atomic E-state index is 14.9. The van der Waals surface area contributed by atoms with Crippen molar-refractivity contribution in [3.8, 4) is 11.8 Å². The van der Waals surface area contributed by atoms with Crippen LogP contribution in [-0.2, 0) is 6.42 Å². The van der Waals surface area contributed by atoms with E-state index in [0.717, 1.165) is 42.4 Å². The lowest BCUT2D eigenvalue weighted by atomic mass is 9.92. The minimum absolute atomic E-state index is 0.00954. The summed E-state index contributed by atoms with van der Waals surface area (Å²) < 4.78 is 87.4. The van der Waals surface area contributed by atoms with Crippen LogP contribution in [0.1, 0.15) is 43.5 Å². The number of aromatic nitrogens is 1. The number of hydrogen-bond acceptors (Lipinski definition) is 5. The van der Waals surface area contributed by atoms with Gasteiger partial charge in [-0.25, -0.2) is 8.70 Å². The molecule has 0 bridgehead atoms. The van der Waals surface area contributed by atoms with E-state index in [9.17, 15) is 31.6 Å². The number of nitrogens with zero attached hydrogens (tertiary/aromatic N) is 4. The second-order valence-corrected chi connectivity index (χ2v) is 11.1. The molecule has 0 saturated heterocycles. The monoisotopic (exact) mass is 624 g/mol. The highest BCUT2D eigenvalue weighted by Gasteiger charge is 2.39. The number of rotatable bonds is 10.